The van der Waals surface area contributed by atoms with Crippen LogP contribution in [0.1, 0.15) is 11.1 Å². The largest absolute Gasteiger partial charge is 0.490 e. The zero-order valence-corrected chi connectivity index (χ0v) is 9.75. The Morgan fingerprint density at radius 3 is 2.78 bits per heavy atom. The fraction of sp³-hybridized carbons (Fsp3) is 0.364. The number of nitro benzene ring substituents is 1. The third-order valence-electron chi connectivity index (χ3n) is 2.98. The number of carbonyl (C=O) groups is 1. The average molecular weight is 252 g/mol. The quantitative estimate of drug-likeness (QED) is 0.638. The predicted molar refractivity (Wildman–Crippen MR) is 61.8 cm³/mol. The summed E-state index contributed by atoms with van der Waals surface area (Å²) in [5, 5.41) is 19.8. The number of rotatable bonds is 2. The van der Waals surface area contributed by atoms with Crippen molar-refractivity contribution >= 4 is 11.8 Å². The Balaban J connectivity index is 2.42. The van der Waals surface area contributed by atoms with Crippen molar-refractivity contribution in [2.45, 2.75) is 13.0 Å². The molecule has 2 rings (SSSR count). The molecule has 96 valence electrons. The maximum Gasteiger partial charge on any atom is 0.407 e. The molecule has 0 saturated carbocycles. The zero-order valence-electron chi connectivity index (χ0n) is 9.75. The van der Waals surface area contributed by atoms with Crippen molar-refractivity contribution in [3.05, 3.63) is 33.4 Å². The van der Waals surface area contributed by atoms with Gasteiger partial charge in [-0.1, -0.05) is 0 Å². The molecule has 1 aromatic rings. The van der Waals surface area contributed by atoms with E-state index < -0.39 is 11.0 Å². The molecule has 0 aliphatic carbocycles. The molecular weight excluding hydrogens is 240 g/mol. The van der Waals surface area contributed by atoms with Gasteiger partial charge in [-0.15, -0.1) is 0 Å². The van der Waals surface area contributed by atoms with Crippen LogP contribution < -0.4 is 4.74 Å². The van der Waals surface area contributed by atoms with Gasteiger partial charge in [0.25, 0.3) is 0 Å². The van der Waals surface area contributed by atoms with Gasteiger partial charge in [0, 0.05) is 19.2 Å². The smallest absolute Gasteiger partial charge is 0.407 e. The molecule has 0 radical (unpaired) electrons. The second kappa shape index (κ2) is 4.52. The van der Waals surface area contributed by atoms with Crippen molar-refractivity contribution in [3.8, 4) is 5.75 Å². The molecule has 0 fully saturated rings. The number of ether oxygens (including phenoxy) is 1. The lowest BCUT2D eigenvalue weighted by molar-refractivity contribution is -0.385. The van der Waals surface area contributed by atoms with Crippen LogP contribution in [-0.4, -0.2) is 34.7 Å². The van der Waals surface area contributed by atoms with E-state index in [4.69, 9.17) is 9.84 Å². The van der Waals surface area contributed by atoms with Crippen molar-refractivity contribution in [3.63, 3.8) is 0 Å². The van der Waals surface area contributed by atoms with E-state index in [1.807, 2.05) is 0 Å². The first-order chi connectivity index (χ1) is 8.52. The van der Waals surface area contributed by atoms with Crippen LogP contribution in [0, 0.1) is 10.1 Å². The Labute approximate surface area is 103 Å². The number of benzene rings is 1. The Morgan fingerprint density at radius 2 is 2.22 bits per heavy atom. The number of methoxy groups -OCH3 is 1. The van der Waals surface area contributed by atoms with E-state index >= 15 is 0 Å². The SMILES string of the molecule is COc1cc2c(cc1[N+](=O)[O-])CN(C(=O)O)CC2. The maximum atomic E-state index is 10.9. The summed E-state index contributed by atoms with van der Waals surface area (Å²) in [4.78, 5) is 22.5. The van der Waals surface area contributed by atoms with Crippen molar-refractivity contribution < 1.29 is 19.6 Å². The van der Waals surface area contributed by atoms with E-state index in [-0.39, 0.29) is 18.0 Å². The number of nitrogens with zero attached hydrogens (tertiary/aromatic N) is 2. The molecule has 1 amide bonds. The summed E-state index contributed by atoms with van der Waals surface area (Å²) < 4.78 is 4.98. The number of nitro groups is 1. The molecule has 0 saturated heterocycles. The maximum absolute atomic E-state index is 10.9. The summed E-state index contributed by atoms with van der Waals surface area (Å²) in [6.45, 7) is 0.568. The van der Waals surface area contributed by atoms with E-state index in [0.717, 1.165) is 5.56 Å². The topological polar surface area (TPSA) is 92.9 Å². The number of carboxylic acid groups (broad SMARTS) is 1. The molecule has 0 spiro atoms. The molecule has 1 aliphatic rings. The van der Waals surface area contributed by atoms with Gasteiger partial charge in [0.2, 0.25) is 0 Å². The van der Waals surface area contributed by atoms with Gasteiger partial charge < -0.3 is 14.7 Å². The summed E-state index contributed by atoms with van der Waals surface area (Å²) in [6, 6.07) is 3.01. The minimum absolute atomic E-state index is 0.136. The Bertz CT molecular complexity index is 514. The first-order valence-electron chi connectivity index (χ1n) is 5.35. The predicted octanol–water partition coefficient (Wildman–Crippen LogP) is 1.64. The lowest BCUT2D eigenvalue weighted by Gasteiger charge is -2.26. The third-order valence-corrected chi connectivity index (χ3v) is 2.98. The first kappa shape index (κ1) is 12.2. The van der Waals surface area contributed by atoms with E-state index in [1.54, 1.807) is 6.07 Å². The van der Waals surface area contributed by atoms with Gasteiger partial charge in [0.05, 0.1) is 12.0 Å². The van der Waals surface area contributed by atoms with Crippen LogP contribution in [0.3, 0.4) is 0 Å². The van der Waals surface area contributed by atoms with Crippen molar-refractivity contribution in [2.75, 3.05) is 13.7 Å². The molecule has 7 heteroatoms. The first-order valence-corrected chi connectivity index (χ1v) is 5.35. The Hall–Kier alpha value is -2.31. The van der Waals surface area contributed by atoms with Crippen LogP contribution in [0.4, 0.5) is 10.5 Å². The lowest BCUT2D eigenvalue weighted by Crippen LogP contribution is -2.34. The van der Waals surface area contributed by atoms with Gasteiger partial charge in [-0.2, -0.15) is 0 Å². The Kier molecular flexibility index (Phi) is 3.05. The summed E-state index contributed by atoms with van der Waals surface area (Å²) in [5.74, 6) is 0.211. The zero-order chi connectivity index (χ0) is 13.3. The fourth-order valence-corrected chi connectivity index (χ4v) is 2.04. The van der Waals surface area contributed by atoms with Gasteiger partial charge in [0.1, 0.15) is 0 Å². The van der Waals surface area contributed by atoms with Crippen LogP contribution in [0.25, 0.3) is 0 Å². The molecular formula is C11H12N2O5. The van der Waals surface area contributed by atoms with Crippen molar-refractivity contribution in [1.29, 1.82) is 0 Å². The van der Waals surface area contributed by atoms with Gasteiger partial charge in [-0.05, 0) is 23.6 Å². The molecule has 1 aromatic carbocycles. The van der Waals surface area contributed by atoms with Gasteiger partial charge >= 0.3 is 11.8 Å². The summed E-state index contributed by atoms with van der Waals surface area (Å²) in [5.41, 5.74) is 1.43. The van der Waals surface area contributed by atoms with Crippen LogP contribution in [0.15, 0.2) is 12.1 Å². The summed E-state index contributed by atoms with van der Waals surface area (Å²) in [7, 11) is 1.38. The highest BCUT2D eigenvalue weighted by molar-refractivity contribution is 5.66. The van der Waals surface area contributed by atoms with Gasteiger partial charge in [0.15, 0.2) is 5.75 Å². The minimum Gasteiger partial charge on any atom is -0.490 e. The lowest BCUT2D eigenvalue weighted by atomic mass is 9.99. The van der Waals surface area contributed by atoms with Crippen molar-refractivity contribution in [2.24, 2.45) is 0 Å². The molecule has 0 aromatic heterocycles. The van der Waals surface area contributed by atoms with Gasteiger partial charge in [-0.25, -0.2) is 4.79 Å². The molecule has 0 bridgehead atoms. The normalized spacial score (nSPS) is 13.9. The monoisotopic (exact) mass is 252 g/mol. The second-order valence-electron chi connectivity index (χ2n) is 4.00. The molecule has 0 unspecified atom stereocenters. The number of hydrogen-bond acceptors (Lipinski definition) is 4. The third kappa shape index (κ3) is 2.06. The summed E-state index contributed by atoms with van der Waals surface area (Å²) >= 11 is 0. The average Bonchev–Trinajstić information content (AvgIpc) is 2.36. The number of fused-ring (bicyclic) bond motifs is 1. The number of hydrogen-bond donors (Lipinski definition) is 1. The van der Waals surface area contributed by atoms with Crippen LogP contribution in [0.2, 0.25) is 0 Å². The minimum atomic E-state index is -1.01. The Morgan fingerprint density at radius 1 is 1.50 bits per heavy atom. The van der Waals surface area contributed by atoms with Crippen LogP contribution >= 0.6 is 0 Å². The highest BCUT2D eigenvalue weighted by Crippen LogP contribution is 2.32. The summed E-state index contributed by atoms with van der Waals surface area (Å²) in [6.07, 6.45) is -0.477. The molecule has 18 heavy (non-hydrogen) atoms. The van der Waals surface area contributed by atoms with E-state index in [0.29, 0.717) is 18.5 Å². The highest BCUT2D eigenvalue weighted by atomic mass is 16.6. The molecule has 1 N–H and O–H groups in total. The van der Waals surface area contributed by atoms with E-state index in [1.165, 1.54) is 18.1 Å². The van der Waals surface area contributed by atoms with Crippen LogP contribution in [0.5, 0.6) is 5.75 Å². The number of amides is 1. The molecule has 1 heterocycles. The standard InChI is InChI=1S/C11H12N2O5/c1-18-10-5-7-2-3-12(11(14)15)6-8(7)4-9(10)13(16)17/h4-5H,2-3,6H2,1H3,(H,14,15). The van der Waals surface area contributed by atoms with Crippen LogP contribution in [-0.2, 0) is 13.0 Å². The fourth-order valence-electron chi connectivity index (χ4n) is 2.04. The molecule has 1 aliphatic heterocycles. The van der Waals surface area contributed by atoms with E-state index in [2.05, 4.69) is 0 Å². The van der Waals surface area contributed by atoms with Crippen molar-refractivity contribution in [1.82, 2.24) is 4.90 Å². The second-order valence-corrected chi connectivity index (χ2v) is 4.00. The van der Waals surface area contributed by atoms with Gasteiger partial charge in [-0.3, -0.25) is 10.1 Å². The molecule has 0 atom stereocenters. The van der Waals surface area contributed by atoms with E-state index in [9.17, 15) is 14.9 Å². The molecule has 7 nitrogen and oxygen atoms in total. The highest BCUT2D eigenvalue weighted by Gasteiger charge is 2.25.